The van der Waals surface area contributed by atoms with Gasteiger partial charge in [0.1, 0.15) is 6.07 Å². The number of nitrogens with zero attached hydrogens (tertiary/aromatic N) is 1. The SMILES string of the molecule is Cc1ccc(C)c(C(=O)OCC(=O)Nc2ccccc2C#N)c1. The number of ether oxygens (including phenoxy) is 1. The molecule has 0 bridgehead atoms. The number of anilines is 1. The number of esters is 1. The second kappa shape index (κ2) is 7.23. The first-order valence-electron chi connectivity index (χ1n) is 7.04. The predicted octanol–water partition coefficient (Wildman–Crippen LogP) is 2.97. The van der Waals surface area contributed by atoms with Crippen LogP contribution in [0.3, 0.4) is 0 Å². The highest BCUT2D eigenvalue weighted by Gasteiger charge is 2.13. The Kier molecular flexibility index (Phi) is 5.11. The molecule has 0 aromatic heterocycles. The number of amides is 1. The van der Waals surface area contributed by atoms with Gasteiger partial charge in [0.2, 0.25) is 0 Å². The lowest BCUT2D eigenvalue weighted by molar-refractivity contribution is -0.119. The highest BCUT2D eigenvalue weighted by Crippen LogP contribution is 2.14. The van der Waals surface area contributed by atoms with E-state index in [0.29, 0.717) is 16.8 Å². The minimum absolute atomic E-state index is 0.349. The van der Waals surface area contributed by atoms with E-state index in [2.05, 4.69) is 5.32 Å². The highest BCUT2D eigenvalue weighted by molar-refractivity contribution is 5.96. The van der Waals surface area contributed by atoms with Crippen LogP contribution in [0.5, 0.6) is 0 Å². The Morgan fingerprint density at radius 3 is 2.65 bits per heavy atom. The number of rotatable bonds is 4. The zero-order valence-electron chi connectivity index (χ0n) is 12.9. The van der Waals surface area contributed by atoms with Gasteiger partial charge >= 0.3 is 5.97 Å². The molecule has 23 heavy (non-hydrogen) atoms. The van der Waals surface area contributed by atoms with Crippen LogP contribution < -0.4 is 5.32 Å². The fourth-order valence-electron chi connectivity index (χ4n) is 2.04. The molecule has 116 valence electrons. The van der Waals surface area contributed by atoms with Crippen molar-refractivity contribution in [1.82, 2.24) is 0 Å². The number of carbonyl (C=O) groups excluding carboxylic acids is 2. The molecule has 0 fully saturated rings. The summed E-state index contributed by atoms with van der Waals surface area (Å²) < 4.78 is 5.04. The first-order chi connectivity index (χ1) is 11.0. The maximum atomic E-state index is 12.0. The Morgan fingerprint density at radius 2 is 1.91 bits per heavy atom. The average molecular weight is 308 g/mol. The Hall–Kier alpha value is -3.13. The Morgan fingerprint density at radius 1 is 1.17 bits per heavy atom. The maximum absolute atomic E-state index is 12.0. The molecule has 0 heterocycles. The first kappa shape index (κ1) is 16.2. The van der Waals surface area contributed by atoms with Gasteiger partial charge in [0, 0.05) is 0 Å². The van der Waals surface area contributed by atoms with Crippen LogP contribution in [0.25, 0.3) is 0 Å². The van der Waals surface area contributed by atoms with E-state index in [9.17, 15) is 9.59 Å². The van der Waals surface area contributed by atoms with Crippen molar-refractivity contribution in [3.8, 4) is 6.07 Å². The van der Waals surface area contributed by atoms with Gasteiger partial charge in [-0.15, -0.1) is 0 Å². The minimum Gasteiger partial charge on any atom is -0.452 e. The van der Waals surface area contributed by atoms with E-state index in [1.165, 1.54) is 0 Å². The molecule has 2 aromatic rings. The normalized spacial score (nSPS) is 9.78. The zero-order valence-corrected chi connectivity index (χ0v) is 12.9. The van der Waals surface area contributed by atoms with E-state index in [0.717, 1.165) is 11.1 Å². The molecule has 0 spiro atoms. The van der Waals surface area contributed by atoms with E-state index in [-0.39, 0.29) is 0 Å². The number of nitriles is 1. The number of benzene rings is 2. The van der Waals surface area contributed by atoms with Crippen molar-refractivity contribution in [2.45, 2.75) is 13.8 Å². The Balaban J connectivity index is 1.98. The Labute approximate surface area is 134 Å². The number of carbonyl (C=O) groups is 2. The van der Waals surface area contributed by atoms with Gasteiger partial charge in [-0.05, 0) is 37.6 Å². The summed E-state index contributed by atoms with van der Waals surface area (Å²) in [6, 6.07) is 14.1. The van der Waals surface area contributed by atoms with Crippen LogP contribution in [0.1, 0.15) is 27.0 Å². The molecule has 1 amide bonds. The topological polar surface area (TPSA) is 79.2 Å². The van der Waals surface area contributed by atoms with Crippen LogP contribution in [0.2, 0.25) is 0 Å². The van der Waals surface area contributed by atoms with Crippen molar-refractivity contribution in [2.75, 3.05) is 11.9 Å². The molecule has 0 aliphatic heterocycles. The number of nitrogens with one attached hydrogen (secondary N) is 1. The number of aryl methyl sites for hydroxylation is 2. The van der Waals surface area contributed by atoms with Gasteiger partial charge < -0.3 is 10.1 Å². The summed E-state index contributed by atoms with van der Waals surface area (Å²) in [6.07, 6.45) is 0. The minimum atomic E-state index is -0.546. The fourth-order valence-corrected chi connectivity index (χ4v) is 2.04. The lowest BCUT2D eigenvalue weighted by Crippen LogP contribution is -2.21. The first-order valence-corrected chi connectivity index (χ1v) is 7.04. The standard InChI is InChI=1S/C18H16N2O3/c1-12-7-8-13(2)15(9-12)18(22)23-11-17(21)20-16-6-4-3-5-14(16)10-19/h3-9H,11H2,1-2H3,(H,20,21). The summed E-state index contributed by atoms with van der Waals surface area (Å²) in [5, 5.41) is 11.5. The second-order valence-electron chi connectivity index (χ2n) is 5.10. The molecule has 0 saturated heterocycles. The second-order valence-corrected chi connectivity index (χ2v) is 5.10. The van der Waals surface area contributed by atoms with Crippen molar-refractivity contribution in [1.29, 1.82) is 5.26 Å². The summed E-state index contributed by atoms with van der Waals surface area (Å²) in [5.74, 6) is -1.04. The van der Waals surface area contributed by atoms with Crippen molar-refractivity contribution in [3.05, 3.63) is 64.7 Å². The largest absolute Gasteiger partial charge is 0.452 e. The third kappa shape index (κ3) is 4.17. The molecule has 0 aliphatic rings. The van der Waals surface area contributed by atoms with Gasteiger partial charge in [-0.25, -0.2) is 4.79 Å². The number of para-hydroxylation sites is 1. The van der Waals surface area contributed by atoms with Gasteiger partial charge in [-0.1, -0.05) is 29.8 Å². The van der Waals surface area contributed by atoms with Gasteiger partial charge in [0.05, 0.1) is 16.8 Å². The van der Waals surface area contributed by atoms with Crippen LogP contribution in [-0.4, -0.2) is 18.5 Å². The van der Waals surface area contributed by atoms with Crippen LogP contribution in [-0.2, 0) is 9.53 Å². The molecule has 0 saturated carbocycles. The quantitative estimate of drug-likeness (QED) is 0.881. The Bertz CT molecular complexity index is 791. The summed E-state index contributed by atoms with van der Waals surface area (Å²) in [4.78, 5) is 23.9. The van der Waals surface area contributed by atoms with E-state index in [1.807, 2.05) is 25.1 Å². The lowest BCUT2D eigenvalue weighted by atomic mass is 10.1. The van der Waals surface area contributed by atoms with Gasteiger partial charge in [0.25, 0.3) is 5.91 Å². The van der Waals surface area contributed by atoms with Crippen molar-refractivity contribution < 1.29 is 14.3 Å². The summed E-state index contributed by atoms with van der Waals surface area (Å²) in [5.41, 5.74) is 2.91. The van der Waals surface area contributed by atoms with E-state index < -0.39 is 18.5 Å². The molecule has 5 nitrogen and oxygen atoms in total. The van der Waals surface area contributed by atoms with Crippen LogP contribution >= 0.6 is 0 Å². The summed E-state index contributed by atoms with van der Waals surface area (Å²) in [6.45, 7) is 3.27. The molecule has 1 N–H and O–H groups in total. The molecule has 0 radical (unpaired) electrons. The summed E-state index contributed by atoms with van der Waals surface area (Å²) in [7, 11) is 0. The van der Waals surface area contributed by atoms with Crippen molar-refractivity contribution >= 4 is 17.6 Å². The third-order valence-electron chi connectivity index (χ3n) is 3.27. The smallest absolute Gasteiger partial charge is 0.338 e. The fraction of sp³-hybridized carbons (Fsp3) is 0.167. The molecular weight excluding hydrogens is 292 g/mol. The third-order valence-corrected chi connectivity index (χ3v) is 3.27. The van der Waals surface area contributed by atoms with E-state index >= 15 is 0 Å². The highest BCUT2D eigenvalue weighted by atomic mass is 16.5. The van der Waals surface area contributed by atoms with Gasteiger partial charge in [0.15, 0.2) is 6.61 Å². The zero-order chi connectivity index (χ0) is 16.8. The molecule has 2 aromatic carbocycles. The molecule has 2 rings (SSSR count). The summed E-state index contributed by atoms with van der Waals surface area (Å²) >= 11 is 0. The predicted molar refractivity (Wildman–Crippen MR) is 86.0 cm³/mol. The molecule has 0 atom stereocenters. The van der Waals surface area contributed by atoms with Crippen LogP contribution in [0.15, 0.2) is 42.5 Å². The average Bonchev–Trinajstić information content (AvgIpc) is 2.55. The lowest BCUT2D eigenvalue weighted by Gasteiger charge is -2.09. The number of hydrogen-bond donors (Lipinski definition) is 1. The monoisotopic (exact) mass is 308 g/mol. The van der Waals surface area contributed by atoms with E-state index in [4.69, 9.17) is 10.00 Å². The van der Waals surface area contributed by atoms with Crippen LogP contribution in [0, 0.1) is 25.2 Å². The molecule has 0 unspecified atom stereocenters. The maximum Gasteiger partial charge on any atom is 0.338 e. The van der Waals surface area contributed by atoms with Gasteiger partial charge in [-0.3, -0.25) is 4.79 Å². The van der Waals surface area contributed by atoms with Crippen molar-refractivity contribution in [3.63, 3.8) is 0 Å². The van der Waals surface area contributed by atoms with Gasteiger partial charge in [-0.2, -0.15) is 5.26 Å². The molecule has 0 aliphatic carbocycles. The van der Waals surface area contributed by atoms with Crippen LogP contribution in [0.4, 0.5) is 5.69 Å². The van der Waals surface area contributed by atoms with Crippen molar-refractivity contribution in [2.24, 2.45) is 0 Å². The molecular formula is C18H16N2O3. The number of hydrogen-bond acceptors (Lipinski definition) is 4. The van der Waals surface area contributed by atoms with E-state index in [1.54, 1.807) is 37.3 Å². The molecule has 5 heteroatoms.